The van der Waals surface area contributed by atoms with Crippen molar-refractivity contribution in [1.29, 1.82) is 0 Å². The first-order chi connectivity index (χ1) is 10.7. The molecule has 0 heterocycles. The van der Waals surface area contributed by atoms with E-state index in [1.54, 1.807) is 0 Å². The molecule has 0 radical (unpaired) electrons. The molecule has 0 N–H and O–H groups in total. The minimum Gasteiger partial charge on any atom is -0.266 e. The van der Waals surface area contributed by atoms with Crippen molar-refractivity contribution in [3.63, 3.8) is 0 Å². The number of benzene rings is 2. The van der Waals surface area contributed by atoms with Crippen LogP contribution in [-0.2, 0) is 10.0 Å². The first kappa shape index (κ1) is 17.5. The molecule has 2 rings (SSSR count). The lowest BCUT2D eigenvalue weighted by Crippen LogP contribution is -2.34. The molecular weight excluding hydrogens is 313 g/mol. The molecule has 0 spiro atoms. The normalized spacial score (nSPS) is 11.7. The summed E-state index contributed by atoms with van der Waals surface area (Å²) in [5.74, 6) is -0.295. The fraction of sp³-hybridized carbons (Fsp3) is 0.333. The summed E-state index contributed by atoms with van der Waals surface area (Å²) in [6, 6.07) is 10.6. The van der Waals surface area contributed by atoms with Crippen molar-refractivity contribution in [2.24, 2.45) is 5.92 Å². The number of aryl methyl sites for hydroxylation is 2. The molecule has 124 valence electrons. The van der Waals surface area contributed by atoms with Gasteiger partial charge in [0, 0.05) is 6.54 Å². The lowest BCUT2D eigenvalue weighted by atomic mass is 10.1. The zero-order valence-corrected chi connectivity index (χ0v) is 14.7. The lowest BCUT2D eigenvalue weighted by molar-refractivity contribution is 0.577. The Morgan fingerprint density at radius 1 is 1.04 bits per heavy atom. The molecule has 0 amide bonds. The number of rotatable bonds is 5. The summed E-state index contributed by atoms with van der Waals surface area (Å²) >= 11 is 0. The Kier molecular flexibility index (Phi) is 5.09. The van der Waals surface area contributed by atoms with Crippen molar-refractivity contribution in [3.05, 3.63) is 59.4 Å². The largest absolute Gasteiger partial charge is 0.266 e. The van der Waals surface area contributed by atoms with Crippen molar-refractivity contribution in [1.82, 2.24) is 0 Å². The molecule has 0 aliphatic heterocycles. The third kappa shape index (κ3) is 3.91. The average Bonchev–Trinajstić information content (AvgIpc) is 2.45. The van der Waals surface area contributed by atoms with E-state index in [0.29, 0.717) is 12.2 Å². The highest BCUT2D eigenvalue weighted by atomic mass is 32.2. The van der Waals surface area contributed by atoms with Crippen LogP contribution in [0.5, 0.6) is 0 Å². The molecule has 5 heteroatoms. The summed E-state index contributed by atoms with van der Waals surface area (Å²) in [4.78, 5) is 0.0968. The van der Waals surface area contributed by atoms with E-state index in [-0.39, 0.29) is 10.8 Å². The summed E-state index contributed by atoms with van der Waals surface area (Å²) in [5, 5.41) is 0. The summed E-state index contributed by atoms with van der Waals surface area (Å²) in [6.45, 7) is 8.17. The maximum atomic E-state index is 13.1. The SMILES string of the molecule is Cc1ccc(N(CC(C)C)S(=O)(=O)c2ccc(F)cc2)c(C)c1. The summed E-state index contributed by atoms with van der Waals surface area (Å²) in [6.07, 6.45) is 0. The molecule has 0 aliphatic rings. The van der Waals surface area contributed by atoms with Crippen LogP contribution >= 0.6 is 0 Å². The first-order valence-corrected chi connectivity index (χ1v) is 9.01. The van der Waals surface area contributed by atoms with Gasteiger partial charge in [0.15, 0.2) is 0 Å². The van der Waals surface area contributed by atoms with Crippen molar-refractivity contribution < 1.29 is 12.8 Å². The van der Waals surface area contributed by atoms with Gasteiger partial charge in [0.2, 0.25) is 0 Å². The molecule has 0 unspecified atom stereocenters. The zero-order chi connectivity index (χ0) is 17.2. The maximum Gasteiger partial charge on any atom is 0.264 e. The predicted molar refractivity (Wildman–Crippen MR) is 91.7 cm³/mol. The molecule has 0 saturated heterocycles. The number of hydrogen-bond acceptors (Lipinski definition) is 2. The average molecular weight is 335 g/mol. The quantitative estimate of drug-likeness (QED) is 0.817. The third-order valence-corrected chi connectivity index (χ3v) is 5.35. The zero-order valence-electron chi connectivity index (χ0n) is 13.9. The van der Waals surface area contributed by atoms with Crippen LogP contribution in [0.15, 0.2) is 47.4 Å². The van der Waals surface area contributed by atoms with E-state index in [9.17, 15) is 12.8 Å². The molecule has 23 heavy (non-hydrogen) atoms. The van der Waals surface area contributed by atoms with Gasteiger partial charge in [-0.15, -0.1) is 0 Å². The lowest BCUT2D eigenvalue weighted by Gasteiger charge is -2.28. The highest BCUT2D eigenvalue weighted by Gasteiger charge is 2.26. The summed E-state index contributed by atoms with van der Waals surface area (Å²) < 4.78 is 40.6. The Bertz CT molecular complexity index is 783. The van der Waals surface area contributed by atoms with Crippen LogP contribution in [0, 0.1) is 25.6 Å². The molecule has 2 aromatic carbocycles. The van der Waals surface area contributed by atoms with Gasteiger partial charge in [0.1, 0.15) is 5.82 Å². The van der Waals surface area contributed by atoms with Gasteiger partial charge in [-0.3, -0.25) is 4.31 Å². The second-order valence-corrected chi connectivity index (χ2v) is 8.04. The van der Waals surface area contributed by atoms with E-state index in [2.05, 4.69) is 0 Å². The molecule has 0 aromatic heterocycles. The fourth-order valence-corrected chi connectivity index (χ4v) is 4.17. The van der Waals surface area contributed by atoms with Crippen molar-refractivity contribution in [2.45, 2.75) is 32.6 Å². The van der Waals surface area contributed by atoms with Gasteiger partial charge in [-0.2, -0.15) is 0 Å². The van der Waals surface area contributed by atoms with Crippen LogP contribution in [0.3, 0.4) is 0 Å². The van der Waals surface area contributed by atoms with E-state index in [0.717, 1.165) is 11.1 Å². The van der Waals surface area contributed by atoms with Gasteiger partial charge in [0.25, 0.3) is 10.0 Å². The Hall–Kier alpha value is -1.88. The van der Waals surface area contributed by atoms with Crippen molar-refractivity contribution in [2.75, 3.05) is 10.8 Å². The number of halogens is 1. The van der Waals surface area contributed by atoms with Crippen molar-refractivity contribution >= 4 is 15.7 Å². The standard InChI is InChI=1S/C18H22FNO2S/c1-13(2)12-20(18-10-5-14(3)11-15(18)4)23(21,22)17-8-6-16(19)7-9-17/h5-11,13H,12H2,1-4H3. The van der Waals surface area contributed by atoms with Gasteiger partial charge in [-0.1, -0.05) is 31.5 Å². The van der Waals surface area contributed by atoms with Gasteiger partial charge in [0.05, 0.1) is 10.6 Å². The van der Waals surface area contributed by atoms with Gasteiger partial charge < -0.3 is 0 Å². The van der Waals surface area contributed by atoms with Gasteiger partial charge >= 0.3 is 0 Å². The van der Waals surface area contributed by atoms with Gasteiger partial charge in [-0.25, -0.2) is 12.8 Å². The molecule has 0 aliphatic carbocycles. The maximum absolute atomic E-state index is 13.1. The smallest absolute Gasteiger partial charge is 0.264 e. The highest BCUT2D eigenvalue weighted by Crippen LogP contribution is 2.28. The third-order valence-electron chi connectivity index (χ3n) is 3.55. The van der Waals surface area contributed by atoms with E-state index >= 15 is 0 Å². The van der Waals surface area contributed by atoms with Crippen LogP contribution in [0.2, 0.25) is 0 Å². The van der Waals surface area contributed by atoms with E-state index in [1.165, 1.54) is 28.6 Å². The van der Waals surface area contributed by atoms with Crippen molar-refractivity contribution in [3.8, 4) is 0 Å². The van der Waals surface area contributed by atoms with Gasteiger partial charge in [-0.05, 0) is 55.7 Å². The van der Waals surface area contributed by atoms with Crippen LogP contribution in [-0.4, -0.2) is 15.0 Å². The minimum atomic E-state index is -3.73. The van der Waals surface area contributed by atoms with Crippen LogP contribution < -0.4 is 4.31 Å². The Morgan fingerprint density at radius 3 is 2.17 bits per heavy atom. The number of nitrogens with zero attached hydrogens (tertiary/aromatic N) is 1. The van der Waals surface area contributed by atoms with E-state index < -0.39 is 15.8 Å². The second kappa shape index (κ2) is 6.71. The van der Waals surface area contributed by atoms with E-state index in [1.807, 2.05) is 45.9 Å². The molecule has 0 atom stereocenters. The summed E-state index contributed by atoms with van der Waals surface area (Å²) in [5.41, 5.74) is 2.64. The number of hydrogen-bond donors (Lipinski definition) is 0. The molecule has 0 saturated carbocycles. The Balaban J connectivity index is 2.55. The van der Waals surface area contributed by atoms with Crippen LogP contribution in [0.4, 0.5) is 10.1 Å². The van der Waals surface area contributed by atoms with E-state index in [4.69, 9.17) is 0 Å². The monoisotopic (exact) mass is 335 g/mol. The second-order valence-electron chi connectivity index (χ2n) is 6.17. The summed E-state index contributed by atoms with van der Waals surface area (Å²) in [7, 11) is -3.73. The predicted octanol–water partition coefficient (Wildman–Crippen LogP) is 4.29. The number of sulfonamides is 1. The number of anilines is 1. The topological polar surface area (TPSA) is 37.4 Å². The van der Waals surface area contributed by atoms with Crippen LogP contribution in [0.25, 0.3) is 0 Å². The highest BCUT2D eigenvalue weighted by molar-refractivity contribution is 7.92. The van der Waals surface area contributed by atoms with Crippen LogP contribution in [0.1, 0.15) is 25.0 Å². The minimum absolute atomic E-state index is 0.0968. The molecule has 0 bridgehead atoms. The molecule has 3 nitrogen and oxygen atoms in total. The Morgan fingerprint density at radius 2 is 1.65 bits per heavy atom. The fourth-order valence-electron chi connectivity index (χ4n) is 2.48. The first-order valence-electron chi connectivity index (χ1n) is 7.57. The molecular formula is C18H22FNO2S. The Labute approximate surface area is 137 Å². The molecule has 2 aromatic rings. The molecule has 0 fully saturated rings.